The fourth-order valence-corrected chi connectivity index (χ4v) is 2.03. The van der Waals surface area contributed by atoms with E-state index in [0.717, 1.165) is 25.7 Å². The molecule has 0 aromatic heterocycles. The van der Waals surface area contributed by atoms with E-state index in [1.807, 2.05) is 7.05 Å². The molecule has 0 unspecified atom stereocenters. The first kappa shape index (κ1) is 16.4. The van der Waals surface area contributed by atoms with Crippen molar-refractivity contribution < 1.29 is 9.90 Å². The molecule has 0 atom stereocenters. The molecule has 5 heteroatoms. The van der Waals surface area contributed by atoms with E-state index in [1.165, 1.54) is 6.42 Å². The molecule has 1 fully saturated rings. The Morgan fingerprint density at radius 2 is 1.79 bits per heavy atom. The molecule has 0 saturated heterocycles. The minimum atomic E-state index is -0.628. The minimum Gasteiger partial charge on any atom is -0.481 e. The van der Waals surface area contributed by atoms with Crippen molar-refractivity contribution in [1.82, 2.24) is 5.32 Å². The van der Waals surface area contributed by atoms with Gasteiger partial charge in [-0.25, -0.2) is 0 Å². The molecule has 0 heterocycles. The van der Waals surface area contributed by atoms with Gasteiger partial charge in [0.2, 0.25) is 0 Å². The molecule has 1 aliphatic rings. The van der Waals surface area contributed by atoms with Gasteiger partial charge in [-0.05, 0) is 19.9 Å². The average Bonchev–Trinajstić information content (AvgIpc) is 2.06. The molecule has 0 aromatic carbocycles. The van der Waals surface area contributed by atoms with Crippen molar-refractivity contribution >= 4 is 30.8 Å². The van der Waals surface area contributed by atoms with Gasteiger partial charge in [0.15, 0.2) is 0 Å². The lowest BCUT2D eigenvalue weighted by Gasteiger charge is -2.32. The van der Waals surface area contributed by atoms with Crippen LogP contribution in [0.1, 0.15) is 32.1 Å². The molecule has 0 amide bonds. The summed E-state index contributed by atoms with van der Waals surface area (Å²) in [5, 5.41) is 12.1. The molecule has 0 aliphatic heterocycles. The Balaban J connectivity index is 0. The molecule has 1 saturated carbocycles. The van der Waals surface area contributed by atoms with Crippen LogP contribution in [0.5, 0.6) is 0 Å². The molecule has 2 N–H and O–H groups in total. The molecule has 14 heavy (non-hydrogen) atoms. The minimum absolute atomic E-state index is 0. The number of carbonyl (C=O) groups is 1. The SMILES string of the molecule is CNCC1(C(=O)O)CCCCC1.Cl.Cl. The van der Waals surface area contributed by atoms with Gasteiger partial charge in [0.05, 0.1) is 5.41 Å². The quantitative estimate of drug-likeness (QED) is 0.799. The second-order valence-corrected chi connectivity index (χ2v) is 3.68. The zero-order valence-electron chi connectivity index (χ0n) is 8.41. The number of halogens is 2. The first-order valence-corrected chi connectivity index (χ1v) is 4.59. The highest BCUT2D eigenvalue weighted by atomic mass is 35.5. The van der Waals surface area contributed by atoms with Crippen LogP contribution in [-0.4, -0.2) is 24.7 Å². The van der Waals surface area contributed by atoms with Crippen molar-refractivity contribution in [2.75, 3.05) is 13.6 Å². The van der Waals surface area contributed by atoms with Crippen LogP contribution < -0.4 is 5.32 Å². The predicted molar refractivity (Wildman–Crippen MR) is 61.6 cm³/mol. The number of carboxylic acids is 1. The molecule has 0 radical (unpaired) electrons. The Hall–Kier alpha value is 0.01000. The zero-order chi connectivity index (χ0) is 9.03. The van der Waals surface area contributed by atoms with E-state index in [2.05, 4.69) is 5.32 Å². The molecule has 1 aliphatic carbocycles. The maximum atomic E-state index is 11.0. The monoisotopic (exact) mass is 243 g/mol. The lowest BCUT2D eigenvalue weighted by molar-refractivity contribution is -0.150. The normalized spacial score (nSPS) is 18.9. The summed E-state index contributed by atoms with van der Waals surface area (Å²) in [5.41, 5.74) is -0.465. The summed E-state index contributed by atoms with van der Waals surface area (Å²) < 4.78 is 0. The fourth-order valence-electron chi connectivity index (χ4n) is 2.03. The molecule has 1 rings (SSSR count). The predicted octanol–water partition coefficient (Wildman–Crippen LogP) is 2.08. The van der Waals surface area contributed by atoms with E-state index in [1.54, 1.807) is 0 Å². The molecular weight excluding hydrogens is 225 g/mol. The van der Waals surface area contributed by atoms with Crippen LogP contribution in [0.15, 0.2) is 0 Å². The van der Waals surface area contributed by atoms with Crippen LogP contribution in [0.3, 0.4) is 0 Å². The fraction of sp³-hybridized carbons (Fsp3) is 0.889. The Labute approximate surface area is 97.5 Å². The highest BCUT2D eigenvalue weighted by Gasteiger charge is 2.38. The van der Waals surface area contributed by atoms with E-state index < -0.39 is 11.4 Å². The van der Waals surface area contributed by atoms with Gasteiger partial charge in [-0.15, -0.1) is 24.8 Å². The third-order valence-corrected chi connectivity index (χ3v) is 2.78. The van der Waals surface area contributed by atoms with Gasteiger partial charge in [0.25, 0.3) is 0 Å². The van der Waals surface area contributed by atoms with E-state index >= 15 is 0 Å². The van der Waals surface area contributed by atoms with Crippen molar-refractivity contribution in [3.8, 4) is 0 Å². The van der Waals surface area contributed by atoms with Gasteiger partial charge in [0, 0.05) is 6.54 Å². The highest BCUT2D eigenvalue weighted by molar-refractivity contribution is 5.85. The molecule has 0 bridgehead atoms. The highest BCUT2D eigenvalue weighted by Crippen LogP contribution is 2.35. The maximum absolute atomic E-state index is 11.0. The van der Waals surface area contributed by atoms with Gasteiger partial charge in [0.1, 0.15) is 0 Å². The second-order valence-electron chi connectivity index (χ2n) is 3.68. The summed E-state index contributed by atoms with van der Waals surface area (Å²) in [6, 6.07) is 0. The average molecular weight is 244 g/mol. The van der Waals surface area contributed by atoms with Crippen LogP contribution in [0.2, 0.25) is 0 Å². The maximum Gasteiger partial charge on any atom is 0.310 e. The first-order valence-electron chi connectivity index (χ1n) is 4.59. The number of aliphatic carboxylic acids is 1. The summed E-state index contributed by atoms with van der Waals surface area (Å²) >= 11 is 0. The summed E-state index contributed by atoms with van der Waals surface area (Å²) in [7, 11) is 1.82. The lowest BCUT2D eigenvalue weighted by atomic mass is 9.74. The number of hydrogen-bond donors (Lipinski definition) is 2. The smallest absolute Gasteiger partial charge is 0.310 e. The summed E-state index contributed by atoms with van der Waals surface area (Å²) in [5.74, 6) is -0.628. The zero-order valence-corrected chi connectivity index (χ0v) is 10.0. The Morgan fingerprint density at radius 1 is 1.29 bits per heavy atom. The van der Waals surface area contributed by atoms with E-state index in [0.29, 0.717) is 6.54 Å². The summed E-state index contributed by atoms with van der Waals surface area (Å²) in [4.78, 5) is 11.0. The number of carboxylic acid groups (broad SMARTS) is 1. The third kappa shape index (κ3) is 3.64. The van der Waals surface area contributed by atoms with Gasteiger partial charge in [-0.3, -0.25) is 4.79 Å². The van der Waals surface area contributed by atoms with Crippen molar-refractivity contribution in [2.45, 2.75) is 32.1 Å². The van der Waals surface area contributed by atoms with Crippen LogP contribution in [0.4, 0.5) is 0 Å². The standard InChI is InChI=1S/C9H17NO2.2ClH/c1-10-7-9(8(11)12)5-3-2-4-6-9;;/h10H,2-7H2,1H3,(H,11,12);2*1H. The summed E-state index contributed by atoms with van der Waals surface area (Å²) in [6.07, 6.45) is 4.99. The third-order valence-electron chi connectivity index (χ3n) is 2.78. The first-order chi connectivity index (χ1) is 5.71. The van der Waals surface area contributed by atoms with Gasteiger partial charge < -0.3 is 10.4 Å². The number of rotatable bonds is 3. The topological polar surface area (TPSA) is 49.3 Å². The van der Waals surface area contributed by atoms with Crippen molar-refractivity contribution in [1.29, 1.82) is 0 Å². The van der Waals surface area contributed by atoms with Crippen LogP contribution in [0, 0.1) is 5.41 Å². The molecule has 86 valence electrons. The largest absolute Gasteiger partial charge is 0.481 e. The van der Waals surface area contributed by atoms with E-state index in [9.17, 15) is 4.79 Å². The molecular formula is C9H19Cl2NO2. The molecule has 0 spiro atoms. The van der Waals surface area contributed by atoms with E-state index in [4.69, 9.17) is 5.11 Å². The molecule has 3 nitrogen and oxygen atoms in total. The van der Waals surface area contributed by atoms with Crippen molar-refractivity contribution in [3.05, 3.63) is 0 Å². The number of nitrogens with one attached hydrogen (secondary N) is 1. The van der Waals surface area contributed by atoms with Gasteiger partial charge in [-0.2, -0.15) is 0 Å². The number of hydrogen-bond acceptors (Lipinski definition) is 2. The van der Waals surface area contributed by atoms with E-state index in [-0.39, 0.29) is 24.8 Å². The Kier molecular flexibility index (Phi) is 8.60. The van der Waals surface area contributed by atoms with Crippen LogP contribution in [0.25, 0.3) is 0 Å². The van der Waals surface area contributed by atoms with Crippen molar-refractivity contribution in [3.63, 3.8) is 0 Å². The van der Waals surface area contributed by atoms with Crippen molar-refractivity contribution in [2.24, 2.45) is 5.41 Å². The summed E-state index contributed by atoms with van der Waals surface area (Å²) in [6.45, 7) is 0.613. The van der Waals surface area contributed by atoms with Crippen LogP contribution >= 0.6 is 24.8 Å². The van der Waals surface area contributed by atoms with Crippen LogP contribution in [-0.2, 0) is 4.79 Å². The van der Waals surface area contributed by atoms with Gasteiger partial charge >= 0.3 is 5.97 Å². The Bertz CT molecular complexity index is 165. The second kappa shape index (κ2) is 7.32. The Morgan fingerprint density at radius 3 is 2.14 bits per heavy atom. The molecule has 0 aromatic rings. The van der Waals surface area contributed by atoms with Gasteiger partial charge in [-0.1, -0.05) is 19.3 Å². The lowest BCUT2D eigenvalue weighted by Crippen LogP contribution is -2.41.